The fraction of sp³-hybridized carbons (Fsp3) is 0.467. The van der Waals surface area contributed by atoms with Crippen LogP contribution in [-0.4, -0.2) is 35.1 Å². The molecule has 2 rings (SSSR count). The summed E-state index contributed by atoms with van der Waals surface area (Å²) in [6.45, 7) is 3.45. The molecule has 0 bridgehead atoms. The van der Waals surface area contributed by atoms with Gasteiger partial charge in [-0.3, -0.25) is 0 Å². The number of amides is 2. The van der Waals surface area contributed by atoms with Gasteiger partial charge in [-0.2, -0.15) is 0 Å². The Kier molecular flexibility index (Phi) is 5.22. The second-order valence-corrected chi connectivity index (χ2v) is 6.23. The molecule has 0 saturated heterocycles. The number of carboxylic acids is 1. The average Bonchev–Trinajstić information content (AvgIpc) is 3.24. The molecular weight excluding hydrogens is 336 g/mol. The molecule has 2 N–H and O–H groups in total. The molecular formula is C15H19BrN2O3. The summed E-state index contributed by atoms with van der Waals surface area (Å²) in [5.74, 6) is -0.456. The van der Waals surface area contributed by atoms with E-state index in [-0.39, 0.29) is 11.6 Å². The molecule has 1 saturated carbocycles. The monoisotopic (exact) mass is 354 g/mol. The SMILES string of the molecule is CCCN(CC1CC1)C(=O)Nc1ccc(Br)cc1C(=O)O. The van der Waals surface area contributed by atoms with Crippen molar-refractivity contribution in [3.05, 3.63) is 28.2 Å². The molecule has 0 unspecified atom stereocenters. The van der Waals surface area contributed by atoms with E-state index < -0.39 is 5.97 Å². The highest BCUT2D eigenvalue weighted by Crippen LogP contribution is 2.30. The number of halogens is 1. The van der Waals surface area contributed by atoms with Gasteiger partial charge in [0, 0.05) is 17.6 Å². The second kappa shape index (κ2) is 6.93. The van der Waals surface area contributed by atoms with Gasteiger partial charge in [0.05, 0.1) is 11.3 Å². The van der Waals surface area contributed by atoms with E-state index in [1.54, 1.807) is 17.0 Å². The van der Waals surface area contributed by atoms with Crippen molar-refractivity contribution in [2.45, 2.75) is 26.2 Å². The Balaban J connectivity index is 2.11. The molecule has 114 valence electrons. The van der Waals surface area contributed by atoms with Gasteiger partial charge in [0.2, 0.25) is 0 Å². The lowest BCUT2D eigenvalue weighted by molar-refractivity contribution is 0.0698. The summed E-state index contributed by atoms with van der Waals surface area (Å²) in [6, 6.07) is 4.58. The van der Waals surface area contributed by atoms with Crippen molar-refractivity contribution in [3.8, 4) is 0 Å². The van der Waals surface area contributed by atoms with E-state index >= 15 is 0 Å². The van der Waals surface area contributed by atoms with E-state index in [9.17, 15) is 14.7 Å². The van der Waals surface area contributed by atoms with Gasteiger partial charge in [-0.1, -0.05) is 22.9 Å². The van der Waals surface area contributed by atoms with Crippen molar-refractivity contribution in [2.75, 3.05) is 18.4 Å². The van der Waals surface area contributed by atoms with Gasteiger partial charge in [0.25, 0.3) is 0 Å². The first-order chi connectivity index (χ1) is 10.0. The molecule has 0 aliphatic heterocycles. The van der Waals surface area contributed by atoms with Crippen molar-refractivity contribution >= 4 is 33.6 Å². The fourth-order valence-electron chi connectivity index (χ4n) is 2.15. The molecule has 0 heterocycles. The predicted octanol–water partition coefficient (Wildman–Crippen LogP) is 3.80. The van der Waals surface area contributed by atoms with E-state index in [2.05, 4.69) is 21.2 Å². The van der Waals surface area contributed by atoms with E-state index in [0.717, 1.165) is 13.0 Å². The molecule has 2 amide bonds. The normalized spacial score (nSPS) is 13.8. The lowest BCUT2D eigenvalue weighted by Crippen LogP contribution is -2.37. The molecule has 1 aromatic carbocycles. The van der Waals surface area contributed by atoms with Crippen LogP contribution in [0.2, 0.25) is 0 Å². The Bertz CT molecular complexity index is 544. The Labute approximate surface area is 132 Å². The third-order valence-electron chi connectivity index (χ3n) is 3.41. The lowest BCUT2D eigenvalue weighted by Gasteiger charge is -2.23. The largest absolute Gasteiger partial charge is 0.478 e. The van der Waals surface area contributed by atoms with Crippen molar-refractivity contribution in [1.29, 1.82) is 0 Å². The quantitative estimate of drug-likeness (QED) is 0.816. The molecule has 0 radical (unpaired) electrons. The molecule has 0 atom stereocenters. The molecule has 1 aliphatic rings. The van der Waals surface area contributed by atoms with Gasteiger partial charge in [0.1, 0.15) is 0 Å². The molecule has 21 heavy (non-hydrogen) atoms. The van der Waals surface area contributed by atoms with Gasteiger partial charge in [-0.05, 0) is 43.4 Å². The number of aromatic carboxylic acids is 1. The van der Waals surface area contributed by atoms with Crippen molar-refractivity contribution in [1.82, 2.24) is 4.90 Å². The van der Waals surface area contributed by atoms with Crippen LogP contribution in [0.3, 0.4) is 0 Å². The van der Waals surface area contributed by atoms with Crippen LogP contribution in [0.15, 0.2) is 22.7 Å². The summed E-state index contributed by atoms with van der Waals surface area (Å²) < 4.78 is 0.668. The summed E-state index contributed by atoms with van der Waals surface area (Å²) in [7, 11) is 0. The smallest absolute Gasteiger partial charge is 0.337 e. The van der Waals surface area contributed by atoms with Gasteiger partial charge < -0.3 is 15.3 Å². The first-order valence-corrected chi connectivity index (χ1v) is 7.89. The first kappa shape index (κ1) is 15.8. The summed E-state index contributed by atoms with van der Waals surface area (Å²) in [6.07, 6.45) is 3.23. The number of anilines is 1. The Morgan fingerprint density at radius 3 is 2.71 bits per heavy atom. The number of carbonyl (C=O) groups excluding carboxylic acids is 1. The van der Waals surface area contributed by atoms with Crippen molar-refractivity contribution in [3.63, 3.8) is 0 Å². The number of benzene rings is 1. The summed E-state index contributed by atoms with van der Waals surface area (Å²) in [5, 5.41) is 11.9. The summed E-state index contributed by atoms with van der Waals surface area (Å²) in [5.41, 5.74) is 0.410. The first-order valence-electron chi connectivity index (χ1n) is 7.10. The van der Waals surface area contributed by atoms with Crippen LogP contribution in [0.4, 0.5) is 10.5 Å². The highest BCUT2D eigenvalue weighted by atomic mass is 79.9. The zero-order valence-corrected chi connectivity index (χ0v) is 13.5. The van der Waals surface area contributed by atoms with Gasteiger partial charge >= 0.3 is 12.0 Å². The zero-order chi connectivity index (χ0) is 15.4. The maximum atomic E-state index is 12.3. The molecule has 5 nitrogen and oxygen atoms in total. The van der Waals surface area contributed by atoms with Crippen molar-refractivity contribution < 1.29 is 14.7 Å². The lowest BCUT2D eigenvalue weighted by atomic mass is 10.2. The van der Waals surface area contributed by atoms with Crippen LogP contribution in [0, 0.1) is 5.92 Å². The van der Waals surface area contributed by atoms with Crippen molar-refractivity contribution in [2.24, 2.45) is 5.92 Å². The zero-order valence-electron chi connectivity index (χ0n) is 11.9. The number of carbonyl (C=O) groups is 2. The maximum absolute atomic E-state index is 12.3. The van der Waals surface area contributed by atoms with Crippen LogP contribution >= 0.6 is 15.9 Å². The average molecular weight is 355 g/mol. The Hall–Kier alpha value is -1.56. The Morgan fingerprint density at radius 1 is 1.43 bits per heavy atom. The summed E-state index contributed by atoms with van der Waals surface area (Å²) in [4.78, 5) is 25.4. The number of nitrogens with one attached hydrogen (secondary N) is 1. The van der Waals surface area contributed by atoms with Crippen LogP contribution in [-0.2, 0) is 0 Å². The molecule has 1 aliphatic carbocycles. The molecule has 1 fully saturated rings. The minimum atomic E-state index is -1.06. The summed E-state index contributed by atoms with van der Waals surface area (Å²) >= 11 is 3.24. The number of carboxylic acid groups (broad SMARTS) is 1. The molecule has 0 spiro atoms. The number of rotatable bonds is 6. The number of hydrogen-bond acceptors (Lipinski definition) is 2. The number of urea groups is 1. The molecule has 0 aromatic heterocycles. The second-order valence-electron chi connectivity index (χ2n) is 5.31. The molecule has 6 heteroatoms. The van der Waals surface area contributed by atoms with E-state index in [0.29, 0.717) is 22.6 Å². The van der Waals surface area contributed by atoms with Crippen LogP contribution in [0.5, 0.6) is 0 Å². The topological polar surface area (TPSA) is 69.6 Å². The molecule has 1 aromatic rings. The third-order valence-corrected chi connectivity index (χ3v) is 3.90. The van der Waals surface area contributed by atoms with Gasteiger partial charge in [-0.15, -0.1) is 0 Å². The number of hydrogen-bond donors (Lipinski definition) is 2. The van der Waals surface area contributed by atoms with Crippen LogP contribution in [0.1, 0.15) is 36.5 Å². The van der Waals surface area contributed by atoms with E-state index in [1.165, 1.54) is 18.9 Å². The fourth-order valence-corrected chi connectivity index (χ4v) is 2.52. The highest BCUT2D eigenvalue weighted by Gasteiger charge is 2.26. The standard InChI is InChI=1S/C15H19BrN2O3/c1-2-7-18(9-10-3-4-10)15(21)17-13-6-5-11(16)8-12(13)14(19)20/h5-6,8,10H,2-4,7,9H2,1H3,(H,17,21)(H,19,20). The third kappa shape index (κ3) is 4.46. The highest BCUT2D eigenvalue weighted by molar-refractivity contribution is 9.10. The predicted molar refractivity (Wildman–Crippen MR) is 84.7 cm³/mol. The Morgan fingerprint density at radius 2 is 2.14 bits per heavy atom. The van der Waals surface area contributed by atoms with E-state index in [4.69, 9.17) is 0 Å². The number of nitrogens with zero attached hydrogens (tertiary/aromatic N) is 1. The van der Waals surface area contributed by atoms with E-state index in [1.807, 2.05) is 6.92 Å². The maximum Gasteiger partial charge on any atom is 0.337 e. The van der Waals surface area contributed by atoms with Gasteiger partial charge in [-0.25, -0.2) is 9.59 Å². The van der Waals surface area contributed by atoms with Crippen LogP contribution in [0.25, 0.3) is 0 Å². The minimum Gasteiger partial charge on any atom is -0.478 e. The minimum absolute atomic E-state index is 0.0839. The van der Waals surface area contributed by atoms with Gasteiger partial charge in [0.15, 0.2) is 0 Å². The van der Waals surface area contributed by atoms with Crippen LogP contribution < -0.4 is 5.32 Å².